The number of nitrogens with two attached hydrogens (primary N) is 1. The molecule has 1 fully saturated rings. The molecule has 2 aromatic carbocycles. The number of hydrogen-bond acceptors (Lipinski definition) is 2. The highest BCUT2D eigenvalue weighted by Gasteiger charge is 2.27. The molecule has 0 heterocycles. The fourth-order valence-electron chi connectivity index (χ4n) is 2.52. The third-order valence-electron chi connectivity index (χ3n) is 4.05. The van der Waals surface area contributed by atoms with Crippen LogP contribution >= 0.6 is 24.0 Å². The summed E-state index contributed by atoms with van der Waals surface area (Å²) in [6.07, 6.45) is 2.43. The summed E-state index contributed by atoms with van der Waals surface area (Å²) in [4.78, 5) is 6.45. The van der Waals surface area contributed by atoms with Crippen LogP contribution in [0, 0.1) is 0 Å². The largest absolute Gasteiger partial charge is 0.491 e. The van der Waals surface area contributed by atoms with Gasteiger partial charge < -0.3 is 15.4 Å². The highest BCUT2D eigenvalue weighted by molar-refractivity contribution is 14.0. The molecule has 5 heteroatoms. The van der Waals surface area contributed by atoms with Crippen molar-refractivity contribution < 1.29 is 4.74 Å². The average molecular weight is 437 g/mol. The van der Waals surface area contributed by atoms with Crippen molar-refractivity contribution in [1.82, 2.24) is 4.90 Å². The summed E-state index contributed by atoms with van der Waals surface area (Å²) in [5.41, 5.74) is 8.23. The smallest absolute Gasteiger partial charge is 0.191 e. The van der Waals surface area contributed by atoms with Gasteiger partial charge >= 0.3 is 0 Å². The van der Waals surface area contributed by atoms with Crippen LogP contribution in [0.5, 0.6) is 5.75 Å². The Morgan fingerprint density at radius 1 is 1.12 bits per heavy atom. The van der Waals surface area contributed by atoms with Gasteiger partial charge in [-0.1, -0.05) is 48.5 Å². The quantitative estimate of drug-likeness (QED) is 0.324. The number of ether oxygens (including phenoxy) is 1. The van der Waals surface area contributed by atoms with Crippen LogP contribution in [-0.4, -0.2) is 37.1 Å². The van der Waals surface area contributed by atoms with Crippen LogP contribution in [-0.2, 0) is 0 Å². The molecule has 4 nitrogen and oxygen atoms in total. The molecular formula is C19H24IN3O. The third kappa shape index (κ3) is 4.87. The molecule has 128 valence electrons. The van der Waals surface area contributed by atoms with Crippen molar-refractivity contribution in [3.05, 3.63) is 54.6 Å². The third-order valence-corrected chi connectivity index (χ3v) is 4.05. The Morgan fingerprint density at radius 3 is 2.50 bits per heavy atom. The number of nitrogens with zero attached hydrogens (tertiary/aromatic N) is 2. The van der Waals surface area contributed by atoms with Crippen LogP contribution in [0.25, 0.3) is 11.1 Å². The Morgan fingerprint density at radius 2 is 1.79 bits per heavy atom. The van der Waals surface area contributed by atoms with E-state index in [-0.39, 0.29) is 24.0 Å². The second kappa shape index (κ2) is 8.92. The van der Waals surface area contributed by atoms with Gasteiger partial charge in [0.2, 0.25) is 0 Å². The second-order valence-electron chi connectivity index (χ2n) is 5.79. The summed E-state index contributed by atoms with van der Waals surface area (Å²) >= 11 is 0. The van der Waals surface area contributed by atoms with Gasteiger partial charge in [-0.2, -0.15) is 0 Å². The first kappa shape index (κ1) is 18.6. The first-order chi connectivity index (χ1) is 11.3. The molecule has 0 atom stereocenters. The van der Waals surface area contributed by atoms with E-state index in [2.05, 4.69) is 28.1 Å². The lowest BCUT2D eigenvalue weighted by molar-refractivity contribution is 0.329. The van der Waals surface area contributed by atoms with Crippen LogP contribution in [0.2, 0.25) is 0 Å². The first-order valence-electron chi connectivity index (χ1n) is 8.05. The molecule has 0 saturated heterocycles. The molecule has 0 spiro atoms. The molecule has 2 N–H and O–H groups in total. The zero-order chi connectivity index (χ0) is 16.1. The van der Waals surface area contributed by atoms with E-state index in [0.29, 0.717) is 25.2 Å². The van der Waals surface area contributed by atoms with Gasteiger partial charge in [0.1, 0.15) is 12.4 Å². The normalized spacial score (nSPS) is 14.0. The van der Waals surface area contributed by atoms with Gasteiger partial charge in [-0.05, 0) is 24.5 Å². The number of aliphatic imine (C=N–C) groups is 1. The fourth-order valence-corrected chi connectivity index (χ4v) is 2.52. The van der Waals surface area contributed by atoms with E-state index in [9.17, 15) is 0 Å². The predicted molar refractivity (Wildman–Crippen MR) is 110 cm³/mol. The molecule has 0 radical (unpaired) electrons. The van der Waals surface area contributed by atoms with Crippen LogP contribution in [0.4, 0.5) is 0 Å². The van der Waals surface area contributed by atoms with E-state index in [0.717, 1.165) is 16.9 Å². The summed E-state index contributed by atoms with van der Waals surface area (Å²) in [6.45, 7) is 1.08. The van der Waals surface area contributed by atoms with Crippen molar-refractivity contribution in [2.45, 2.75) is 18.9 Å². The molecule has 0 aromatic heterocycles. The highest BCUT2D eigenvalue weighted by Crippen LogP contribution is 2.29. The summed E-state index contributed by atoms with van der Waals surface area (Å²) in [5, 5.41) is 0. The van der Waals surface area contributed by atoms with Gasteiger partial charge in [-0.25, -0.2) is 4.99 Å². The molecule has 2 aromatic rings. The summed E-state index contributed by atoms with van der Waals surface area (Å²) in [6, 6.07) is 18.9. The monoisotopic (exact) mass is 437 g/mol. The fraction of sp³-hybridized carbons (Fsp3) is 0.316. The van der Waals surface area contributed by atoms with Gasteiger partial charge in [0.05, 0.1) is 6.54 Å². The molecule has 0 bridgehead atoms. The standard InChI is InChI=1S/C19H23N3O.HI/c1-22(16-11-12-16)19(20)21-13-14-23-18-10-6-5-9-17(18)15-7-3-2-4-8-15;/h2-10,16H,11-14H2,1H3,(H2,20,21);1H. The van der Waals surface area contributed by atoms with Crippen molar-refractivity contribution in [2.24, 2.45) is 10.7 Å². The van der Waals surface area contributed by atoms with E-state index in [1.807, 2.05) is 43.4 Å². The van der Waals surface area contributed by atoms with Crippen LogP contribution < -0.4 is 10.5 Å². The first-order valence-corrected chi connectivity index (χ1v) is 8.05. The zero-order valence-electron chi connectivity index (χ0n) is 13.9. The van der Waals surface area contributed by atoms with Crippen molar-refractivity contribution in [2.75, 3.05) is 20.2 Å². The molecular weight excluding hydrogens is 413 g/mol. The zero-order valence-corrected chi connectivity index (χ0v) is 16.2. The summed E-state index contributed by atoms with van der Waals surface area (Å²) < 4.78 is 5.92. The number of halogens is 1. The SMILES string of the molecule is CN(C(N)=NCCOc1ccccc1-c1ccccc1)C1CC1.I. The van der Waals surface area contributed by atoms with E-state index in [1.165, 1.54) is 12.8 Å². The Labute approximate surface area is 160 Å². The Bertz CT molecular complexity index is 671. The molecule has 1 saturated carbocycles. The highest BCUT2D eigenvalue weighted by atomic mass is 127. The molecule has 1 aliphatic rings. The second-order valence-corrected chi connectivity index (χ2v) is 5.79. The van der Waals surface area contributed by atoms with Crippen molar-refractivity contribution in [3.63, 3.8) is 0 Å². The minimum atomic E-state index is 0. The van der Waals surface area contributed by atoms with Gasteiger partial charge in [-0.15, -0.1) is 24.0 Å². The Balaban J connectivity index is 0.00000208. The number of para-hydroxylation sites is 1. The minimum absolute atomic E-state index is 0. The topological polar surface area (TPSA) is 50.8 Å². The van der Waals surface area contributed by atoms with Gasteiger partial charge in [0.15, 0.2) is 5.96 Å². The summed E-state index contributed by atoms with van der Waals surface area (Å²) in [5.74, 6) is 1.48. The molecule has 3 rings (SSSR count). The lowest BCUT2D eigenvalue weighted by atomic mass is 10.1. The Hall–Kier alpha value is -1.76. The van der Waals surface area contributed by atoms with Crippen molar-refractivity contribution in [1.29, 1.82) is 0 Å². The van der Waals surface area contributed by atoms with Crippen molar-refractivity contribution in [3.8, 4) is 16.9 Å². The lowest BCUT2D eigenvalue weighted by Gasteiger charge is -2.17. The minimum Gasteiger partial charge on any atom is -0.491 e. The molecule has 24 heavy (non-hydrogen) atoms. The van der Waals surface area contributed by atoms with E-state index < -0.39 is 0 Å². The van der Waals surface area contributed by atoms with Crippen LogP contribution in [0.3, 0.4) is 0 Å². The molecule has 0 amide bonds. The molecule has 1 aliphatic carbocycles. The van der Waals surface area contributed by atoms with Crippen LogP contribution in [0.1, 0.15) is 12.8 Å². The summed E-state index contributed by atoms with van der Waals surface area (Å²) in [7, 11) is 2.00. The number of rotatable bonds is 6. The number of hydrogen-bond donors (Lipinski definition) is 1. The average Bonchev–Trinajstić information content (AvgIpc) is 3.44. The Kier molecular flexibility index (Phi) is 6.90. The molecule has 0 unspecified atom stereocenters. The van der Waals surface area contributed by atoms with E-state index in [4.69, 9.17) is 10.5 Å². The molecule has 0 aliphatic heterocycles. The van der Waals surface area contributed by atoms with Crippen LogP contribution in [0.15, 0.2) is 59.6 Å². The van der Waals surface area contributed by atoms with E-state index in [1.54, 1.807) is 0 Å². The maximum atomic E-state index is 5.98. The maximum absolute atomic E-state index is 5.98. The number of benzene rings is 2. The van der Waals surface area contributed by atoms with E-state index >= 15 is 0 Å². The number of guanidine groups is 1. The van der Waals surface area contributed by atoms with Gasteiger partial charge in [0.25, 0.3) is 0 Å². The van der Waals surface area contributed by atoms with Crippen molar-refractivity contribution >= 4 is 29.9 Å². The maximum Gasteiger partial charge on any atom is 0.191 e. The van der Waals surface area contributed by atoms with Gasteiger partial charge in [-0.3, -0.25) is 0 Å². The van der Waals surface area contributed by atoms with Gasteiger partial charge in [0, 0.05) is 18.7 Å². The lowest BCUT2D eigenvalue weighted by Crippen LogP contribution is -2.36. The predicted octanol–water partition coefficient (Wildman–Crippen LogP) is 3.76.